The van der Waals surface area contributed by atoms with Crippen molar-refractivity contribution in [3.63, 3.8) is 0 Å². The zero-order chi connectivity index (χ0) is 12.3. The van der Waals surface area contributed by atoms with Crippen LogP contribution in [0.5, 0.6) is 0 Å². The molecule has 1 aliphatic heterocycles. The maximum atomic E-state index is 11.8. The number of rotatable bonds is 4. The molecular weight excluding hydrogens is 242 g/mol. The van der Waals surface area contributed by atoms with Gasteiger partial charge in [0.2, 0.25) is 5.78 Å². The van der Waals surface area contributed by atoms with Crippen molar-refractivity contribution in [1.29, 1.82) is 0 Å². The fourth-order valence-corrected chi connectivity index (χ4v) is 2.32. The monoisotopic (exact) mass is 255 g/mol. The van der Waals surface area contributed by atoms with E-state index in [4.69, 9.17) is 5.11 Å². The predicted molar refractivity (Wildman–Crippen MR) is 62.3 cm³/mol. The van der Waals surface area contributed by atoms with Gasteiger partial charge in [-0.15, -0.1) is 11.3 Å². The number of carboxylic acids is 1. The highest BCUT2D eigenvalue weighted by molar-refractivity contribution is 7.11. The van der Waals surface area contributed by atoms with Crippen LogP contribution in [0.3, 0.4) is 0 Å². The van der Waals surface area contributed by atoms with E-state index >= 15 is 0 Å². The normalized spacial score (nSPS) is 21.3. The van der Waals surface area contributed by atoms with Crippen LogP contribution in [-0.4, -0.2) is 59.0 Å². The molecule has 0 radical (unpaired) electrons. The van der Waals surface area contributed by atoms with Crippen molar-refractivity contribution in [3.05, 3.63) is 16.6 Å². The number of Topliss-reactive ketones (excluding diaryl/α,β-unsaturated/α-hetero) is 1. The van der Waals surface area contributed by atoms with Crippen molar-refractivity contribution in [3.8, 4) is 0 Å². The molecular formula is C10H13N3O3S. The molecule has 2 N–H and O–H groups in total. The van der Waals surface area contributed by atoms with Crippen molar-refractivity contribution in [2.45, 2.75) is 6.04 Å². The van der Waals surface area contributed by atoms with Gasteiger partial charge >= 0.3 is 5.97 Å². The lowest BCUT2D eigenvalue weighted by Gasteiger charge is -2.30. The molecule has 0 amide bonds. The minimum Gasteiger partial charge on any atom is -0.480 e. The molecule has 6 nitrogen and oxygen atoms in total. The molecule has 2 heterocycles. The summed E-state index contributed by atoms with van der Waals surface area (Å²) in [6.45, 7) is 1.86. The minimum atomic E-state index is -0.878. The summed E-state index contributed by atoms with van der Waals surface area (Å²) in [6.07, 6.45) is 1.59. The van der Waals surface area contributed by atoms with Gasteiger partial charge < -0.3 is 10.4 Å². The molecule has 0 spiro atoms. The summed E-state index contributed by atoms with van der Waals surface area (Å²) in [7, 11) is 0. The third-order valence-electron chi connectivity index (χ3n) is 2.60. The van der Waals surface area contributed by atoms with Gasteiger partial charge in [-0.3, -0.25) is 14.5 Å². The Hall–Kier alpha value is -1.31. The molecule has 1 fully saturated rings. The summed E-state index contributed by atoms with van der Waals surface area (Å²) < 4.78 is 0. The molecule has 1 atom stereocenters. The average Bonchev–Trinajstić information content (AvgIpc) is 2.82. The van der Waals surface area contributed by atoms with Gasteiger partial charge in [0.25, 0.3) is 0 Å². The largest absolute Gasteiger partial charge is 0.480 e. The van der Waals surface area contributed by atoms with Crippen LogP contribution in [0.1, 0.15) is 9.80 Å². The Morgan fingerprint density at radius 3 is 3.12 bits per heavy atom. The SMILES string of the molecule is O=C(CN1CCNC(C(=O)O)C1)c1nccs1. The zero-order valence-corrected chi connectivity index (χ0v) is 9.94. The van der Waals surface area contributed by atoms with E-state index in [0.29, 0.717) is 24.6 Å². The summed E-state index contributed by atoms with van der Waals surface area (Å²) in [4.78, 5) is 28.4. The van der Waals surface area contributed by atoms with E-state index in [1.807, 2.05) is 4.90 Å². The standard InChI is InChI=1S/C10H13N3O3S/c14-8(9-12-2-4-17-9)6-13-3-1-11-7(5-13)10(15)16/h2,4,7,11H,1,3,5-6H2,(H,15,16). The second-order valence-electron chi connectivity index (χ2n) is 3.84. The quantitative estimate of drug-likeness (QED) is 0.718. The number of nitrogens with one attached hydrogen (secondary N) is 1. The molecule has 7 heteroatoms. The van der Waals surface area contributed by atoms with E-state index < -0.39 is 12.0 Å². The average molecular weight is 255 g/mol. The first kappa shape index (κ1) is 12.2. The van der Waals surface area contributed by atoms with Crippen LogP contribution in [0.2, 0.25) is 0 Å². The van der Waals surface area contributed by atoms with Gasteiger partial charge in [0.1, 0.15) is 6.04 Å². The molecule has 0 aliphatic carbocycles. The third-order valence-corrected chi connectivity index (χ3v) is 3.41. The van der Waals surface area contributed by atoms with Crippen LogP contribution in [0.4, 0.5) is 0 Å². The second-order valence-corrected chi connectivity index (χ2v) is 4.74. The first-order chi connectivity index (χ1) is 8.16. The Labute approximate surface area is 102 Å². The Morgan fingerprint density at radius 1 is 1.65 bits per heavy atom. The molecule has 1 aliphatic rings. The van der Waals surface area contributed by atoms with Gasteiger partial charge in [-0.05, 0) is 0 Å². The molecule has 1 aromatic heterocycles. The topological polar surface area (TPSA) is 82.5 Å². The smallest absolute Gasteiger partial charge is 0.322 e. The van der Waals surface area contributed by atoms with Gasteiger partial charge in [0, 0.05) is 31.2 Å². The Morgan fingerprint density at radius 2 is 2.47 bits per heavy atom. The van der Waals surface area contributed by atoms with Crippen molar-refractivity contribution in [2.24, 2.45) is 0 Å². The number of ketones is 1. The van der Waals surface area contributed by atoms with Gasteiger partial charge in [-0.1, -0.05) is 0 Å². The molecule has 0 bridgehead atoms. The van der Waals surface area contributed by atoms with E-state index in [1.54, 1.807) is 11.6 Å². The van der Waals surface area contributed by atoms with Crippen LogP contribution in [0, 0.1) is 0 Å². The van der Waals surface area contributed by atoms with Gasteiger partial charge in [0.05, 0.1) is 6.54 Å². The van der Waals surface area contributed by atoms with E-state index in [0.717, 1.165) is 0 Å². The van der Waals surface area contributed by atoms with Crippen LogP contribution in [0.15, 0.2) is 11.6 Å². The number of carbonyl (C=O) groups is 2. The van der Waals surface area contributed by atoms with Crippen LogP contribution in [0.25, 0.3) is 0 Å². The molecule has 92 valence electrons. The second kappa shape index (κ2) is 5.35. The van der Waals surface area contributed by atoms with E-state index in [1.165, 1.54) is 11.3 Å². The van der Waals surface area contributed by atoms with Crippen molar-refractivity contribution in [2.75, 3.05) is 26.2 Å². The van der Waals surface area contributed by atoms with Crippen LogP contribution in [-0.2, 0) is 4.79 Å². The summed E-state index contributed by atoms with van der Waals surface area (Å²) in [6, 6.07) is -0.590. The predicted octanol–water partition coefficient (Wildman–Crippen LogP) is -0.316. The van der Waals surface area contributed by atoms with Gasteiger partial charge in [-0.25, -0.2) is 4.98 Å². The highest BCUT2D eigenvalue weighted by Gasteiger charge is 2.26. The van der Waals surface area contributed by atoms with Gasteiger partial charge in [0.15, 0.2) is 5.01 Å². The highest BCUT2D eigenvalue weighted by Crippen LogP contribution is 2.07. The number of hydrogen-bond donors (Lipinski definition) is 2. The van der Waals surface area contributed by atoms with Gasteiger partial charge in [-0.2, -0.15) is 0 Å². The maximum absolute atomic E-state index is 11.8. The Kier molecular flexibility index (Phi) is 3.82. The molecule has 17 heavy (non-hydrogen) atoms. The Balaban J connectivity index is 1.91. The first-order valence-electron chi connectivity index (χ1n) is 5.28. The number of hydrogen-bond acceptors (Lipinski definition) is 6. The molecule has 1 unspecified atom stereocenters. The number of carbonyl (C=O) groups excluding carboxylic acids is 1. The summed E-state index contributed by atoms with van der Waals surface area (Å²) >= 11 is 1.31. The van der Waals surface area contributed by atoms with E-state index in [9.17, 15) is 9.59 Å². The zero-order valence-electron chi connectivity index (χ0n) is 9.13. The summed E-state index contributed by atoms with van der Waals surface area (Å²) in [5.74, 6) is -0.928. The van der Waals surface area contributed by atoms with Crippen molar-refractivity contribution >= 4 is 23.1 Å². The van der Waals surface area contributed by atoms with E-state index in [-0.39, 0.29) is 12.3 Å². The molecule has 1 saturated heterocycles. The number of nitrogens with zero attached hydrogens (tertiary/aromatic N) is 2. The minimum absolute atomic E-state index is 0.0500. The summed E-state index contributed by atoms with van der Waals surface area (Å²) in [5.41, 5.74) is 0. The summed E-state index contributed by atoms with van der Waals surface area (Å²) in [5, 5.41) is 14.0. The molecule has 1 aromatic rings. The van der Waals surface area contributed by atoms with Crippen LogP contribution < -0.4 is 5.32 Å². The van der Waals surface area contributed by atoms with Crippen molar-refractivity contribution in [1.82, 2.24) is 15.2 Å². The lowest BCUT2D eigenvalue weighted by molar-refractivity contribution is -0.140. The number of aromatic nitrogens is 1. The number of aliphatic carboxylic acids is 1. The lowest BCUT2D eigenvalue weighted by atomic mass is 10.2. The fraction of sp³-hybridized carbons (Fsp3) is 0.500. The van der Waals surface area contributed by atoms with Crippen LogP contribution >= 0.6 is 11.3 Å². The number of carboxylic acid groups (broad SMARTS) is 1. The molecule has 0 saturated carbocycles. The number of thiazole rings is 1. The van der Waals surface area contributed by atoms with Crippen molar-refractivity contribution < 1.29 is 14.7 Å². The lowest BCUT2D eigenvalue weighted by Crippen LogP contribution is -2.55. The number of piperazine rings is 1. The Bertz CT molecular complexity index is 407. The van der Waals surface area contributed by atoms with E-state index in [2.05, 4.69) is 10.3 Å². The maximum Gasteiger partial charge on any atom is 0.322 e. The first-order valence-corrected chi connectivity index (χ1v) is 6.16. The third kappa shape index (κ3) is 3.09. The molecule has 2 rings (SSSR count). The molecule has 0 aromatic carbocycles. The highest BCUT2D eigenvalue weighted by atomic mass is 32.1. The fourth-order valence-electron chi connectivity index (χ4n) is 1.75.